The first kappa shape index (κ1) is 26.1. The fraction of sp³-hybridized carbons (Fsp3) is 0.370. The van der Waals surface area contributed by atoms with Crippen LogP contribution in [0.4, 0.5) is 15.8 Å². The molecule has 2 aliphatic rings. The van der Waals surface area contributed by atoms with Crippen molar-refractivity contribution in [3.8, 4) is 0 Å². The molecule has 3 heterocycles. The number of hydrogen-bond donors (Lipinski definition) is 1. The van der Waals surface area contributed by atoms with Crippen molar-refractivity contribution in [3.63, 3.8) is 0 Å². The van der Waals surface area contributed by atoms with E-state index in [0.717, 1.165) is 11.1 Å². The van der Waals surface area contributed by atoms with Crippen LogP contribution < -0.4 is 10.2 Å². The van der Waals surface area contributed by atoms with Crippen LogP contribution in [-0.2, 0) is 19.6 Å². The van der Waals surface area contributed by atoms with Gasteiger partial charge in [0.15, 0.2) is 0 Å². The molecule has 1 aromatic heterocycles. The molecule has 5 rings (SSSR count). The zero-order valence-corrected chi connectivity index (χ0v) is 22.0. The van der Waals surface area contributed by atoms with E-state index < -0.39 is 15.9 Å². The first-order valence-corrected chi connectivity index (χ1v) is 14.1. The molecule has 0 bridgehead atoms. The van der Waals surface area contributed by atoms with Gasteiger partial charge in [-0.05, 0) is 55.3 Å². The van der Waals surface area contributed by atoms with Crippen molar-refractivity contribution >= 4 is 44.1 Å². The Morgan fingerprint density at radius 3 is 2.45 bits per heavy atom. The van der Waals surface area contributed by atoms with E-state index in [2.05, 4.69) is 15.2 Å². The lowest BCUT2D eigenvalue weighted by Crippen LogP contribution is -2.53. The second-order valence-corrected chi connectivity index (χ2v) is 11.6. The highest BCUT2D eigenvalue weighted by molar-refractivity contribution is 7.89. The molecule has 9 nitrogen and oxygen atoms in total. The number of carbonyl (C=O) groups is 2. The normalized spacial score (nSPS) is 18.9. The predicted molar refractivity (Wildman–Crippen MR) is 143 cm³/mol. The minimum Gasteiger partial charge on any atom is -0.367 e. The van der Waals surface area contributed by atoms with Crippen molar-refractivity contribution in [1.29, 1.82) is 0 Å². The van der Waals surface area contributed by atoms with Crippen LogP contribution in [0.5, 0.6) is 0 Å². The van der Waals surface area contributed by atoms with E-state index in [4.69, 9.17) is 0 Å². The topological polar surface area (TPSA) is 103 Å². The Bertz CT molecular complexity index is 1460. The molecule has 2 aliphatic heterocycles. The number of piperazine rings is 1. The van der Waals surface area contributed by atoms with Crippen LogP contribution in [0.1, 0.15) is 19.8 Å². The number of nitrogens with zero attached hydrogens (tertiary/aromatic N) is 4. The van der Waals surface area contributed by atoms with E-state index in [1.807, 2.05) is 11.0 Å². The highest BCUT2D eigenvalue weighted by Gasteiger charge is 2.36. The predicted octanol–water partition coefficient (Wildman–Crippen LogP) is 3.08. The SMILES string of the molecule is CC(=O)Nc1ccc(S(=O)(=O)N2CCC[C@H](C(=O)N3CCN(c4ccnc5cc(F)ccc45)CC3)C2)cc1. The zero-order chi connectivity index (χ0) is 26.9. The van der Waals surface area contributed by atoms with Gasteiger partial charge >= 0.3 is 0 Å². The molecule has 2 saturated heterocycles. The largest absolute Gasteiger partial charge is 0.367 e. The van der Waals surface area contributed by atoms with Crippen molar-refractivity contribution in [2.45, 2.75) is 24.7 Å². The molecule has 11 heteroatoms. The summed E-state index contributed by atoms with van der Waals surface area (Å²) in [5, 5.41) is 3.49. The Balaban J connectivity index is 1.22. The lowest BCUT2D eigenvalue weighted by atomic mass is 9.97. The molecule has 1 atom stereocenters. The van der Waals surface area contributed by atoms with Crippen LogP contribution in [0.3, 0.4) is 0 Å². The van der Waals surface area contributed by atoms with Gasteiger partial charge in [0.05, 0.1) is 16.3 Å². The third-order valence-corrected chi connectivity index (χ3v) is 9.04. The molecule has 0 unspecified atom stereocenters. The number of nitrogens with one attached hydrogen (secondary N) is 1. The van der Waals surface area contributed by atoms with Gasteiger partial charge in [-0.2, -0.15) is 4.31 Å². The number of rotatable bonds is 5. The van der Waals surface area contributed by atoms with Crippen LogP contribution in [0, 0.1) is 11.7 Å². The summed E-state index contributed by atoms with van der Waals surface area (Å²) >= 11 is 0. The van der Waals surface area contributed by atoms with Crippen molar-refractivity contribution in [2.75, 3.05) is 49.5 Å². The van der Waals surface area contributed by atoms with Crippen LogP contribution >= 0.6 is 0 Å². The summed E-state index contributed by atoms with van der Waals surface area (Å²) in [7, 11) is -3.76. The summed E-state index contributed by atoms with van der Waals surface area (Å²) in [6.07, 6.45) is 2.92. The first-order valence-electron chi connectivity index (χ1n) is 12.7. The second-order valence-electron chi connectivity index (χ2n) is 9.71. The first-order chi connectivity index (χ1) is 18.2. The van der Waals surface area contributed by atoms with Gasteiger partial charge in [-0.25, -0.2) is 12.8 Å². The van der Waals surface area contributed by atoms with Gasteiger partial charge in [-0.3, -0.25) is 14.6 Å². The molecule has 2 aromatic carbocycles. The lowest BCUT2D eigenvalue weighted by molar-refractivity contribution is -0.137. The summed E-state index contributed by atoms with van der Waals surface area (Å²) in [5.74, 6) is -0.980. The molecule has 0 aliphatic carbocycles. The number of amides is 2. The third kappa shape index (κ3) is 5.34. The van der Waals surface area contributed by atoms with Crippen molar-refractivity contribution in [2.24, 2.45) is 5.92 Å². The zero-order valence-electron chi connectivity index (χ0n) is 21.1. The summed E-state index contributed by atoms with van der Waals surface area (Å²) in [4.78, 5) is 33.0. The van der Waals surface area contributed by atoms with E-state index in [1.54, 1.807) is 24.4 Å². The maximum Gasteiger partial charge on any atom is 0.243 e. The lowest BCUT2D eigenvalue weighted by Gasteiger charge is -2.39. The minimum absolute atomic E-state index is 0.0211. The Hall–Kier alpha value is -3.57. The number of halogens is 1. The molecule has 2 fully saturated rings. The highest BCUT2D eigenvalue weighted by Crippen LogP contribution is 2.29. The number of benzene rings is 2. The number of anilines is 2. The van der Waals surface area contributed by atoms with Crippen LogP contribution in [0.15, 0.2) is 59.6 Å². The van der Waals surface area contributed by atoms with Gasteiger partial charge < -0.3 is 15.1 Å². The van der Waals surface area contributed by atoms with E-state index in [1.165, 1.54) is 35.5 Å². The molecular weight excluding hydrogens is 509 g/mol. The molecule has 0 spiro atoms. The minimum atomic E-state index is -3.76. The number of pyridine rings is 1. The molecule has 2 amide bonds. The number of aromatic nitrogens is 1. The second kappa shape index (κ2) is 10.7. The molecular formula is C27H30FN5O4S. The van der Waals surface area contributed by atoms with Crippen molar-refractivity contribution in [1.82, 2.24) is 14.2 Å². The third-order valence-electron chi connectivity index (χ3n) is 7.16. The summed E-state index contributed by atoms with van der Waals surface area (Å²) in [5.41, 5.74) is 2.07. The molecule has 0 radical (unpaired) electrons. The average molecular weight is 540 g/mol. The number of fused-ring (bicyclic) bond motifs is 1. The van der Waals surface area contributed by atoms with Crippen LogP contribution in [-0.4, -0.2) is 73.7 Å². The fourth-order valence-electron chi connectivity index (χ4n) is 5.23. The van der Waals surface area contributed by atoms with Crippen molar-refractivity contribution < 1.29 is 22.4 Å². The average Bonchev–Trinajstić information content (AvgIpc) is 2.92. The van der Waals surface area contributed by atoms with Gasteiger partial charge in [-0.1, -0.05) is 0 Å². The number of sulfonamides is 1. The van der Waals surface area contributed by atoms with Crippen LogP contribution in [0.2, 0.25) is 0 Å². The molecule has 1 N–H and O–H groups in total. The van der Waals surface area contributed by atoms with E-state index in [0.29, 0.717) is 56.8 Å². The Labute approximate surface area is 221 Å². The van der Waals surface area contributed by atoms with E-state index in [-0.39, 0.29) is 29.1 Å². The Morgan fingerprint density at radius 1 is 1.00 bits per heavy atom. The van der Waals surface area contributed by atoms with E-state index >= 15 is 0 Å². The van der Waals surface area contributed by atoms with Gasteiger partial charge in [0.25, 0.3) is 0 Å². The highest BCUT2D eigenvalue weighted by atomic mass is 32.2. The maximum absolute atomic E-state index is 13.6. The quantitative estimate of drug-likeness (QED) is 0.535. The van der Waals surface area contributed by atoms with Gasteiger partial charge in [0, 0.05) is 75.2 Å². The number of carbonyl (C=O) groups excluding carboxylic acids is 2. The summed E-state index contributed by atoms with van der Waals surface area (Å²) < 4.78 is 41.6. The van der Waals surface area contributed by atoms with Gasteiger partial charge in [0.2, 0.25) is 21.8 Å². The molecule has 200 valence electrons. The van der Waals surface area contributed by atoms with E-state index in [9.17, 15) is 22.4 Å². The summed E-state index contributed by atoms with van der Waals surface area (Å²) in [6, 6.07) is 12.5. The smallest absolute Gasteiger partial charge is 0.243 e. The van der Waals surface area contributed by atoms with Crippen LogP contribution in [0.25, 0.3) is 10.9 Å². The Kier molecular flexibility index (Phi) is 7.31. The standard InChI is InChI=1S/C27H30FN5O4S/c1-19(34)30-22-5-7-23(8-6-22)38(36,37)33-12-2-3-20(18-33)27(35)32-15-13-31(14-16-32)26-10-11-29-25-17-21(28)4-9-24(25)26/h4-11,17,20H,2-3,12-16,18H2,1H3,(H,30,34)/t20-/m0/s1. The van der Waals surface area contributed by atoms with Gasteiger partial charge in [0.1, 0.15) is 5.82 Å². The molecule has 0 saturated carbocycles. The number of piperidine rings is 1. The molecule has 38 heavy (non-hydrogen) atoms. The fourth-order valence-corrected chi connectivity index (χ4v) is 6.76. The monoisotopic (exact) mass is 539 g/mol. The maximum atomic E-state index is 13.6. The van der Waals surface area contributed by atoms with Crippen molar-refractivity contribution in [3.05, 3.63) is 60.5 Å². The Morgan fingerprint density at radius 2 is 1.74 bits per heavy atom. The number of hydrogen-bond acceptors (Lipinski definition) is 6. The van der Waals surface area contributed by atoms with Gasteiger partial charge in [-0.15, -0.1) is 0 Å². The molecule has 3 aromatic rings. The summed E-state index contributed by atoms with van der Waals surface area (Å²) in [6.45, 7) is 4.20.